The number of nitrogens with zero attached hydrogens (tertiary/aromatic N) is 2. The van der Waals surface area contributed by atoms with Gasteiger partial charge in [0, 0.05) is 22.9 Å². The molecular weight excluding hydrogens is 479 g/mol. The third-order valence-electron chi connectivity index (χ3n) is 3.99. The highest BCUT2D eigenvalue weighted by Crippen LogP contribution is 2.44. The molecule has 0 saturated heterocycles. The van der Waals surface area contributed by atoms with Gasteiger partial charge in [0.15, 0.2) is 0 Å². The first-order valence-corrected chi connectivity index (χ1v) is 11.0. The molecule has 1 aromatic carbocycles. The fourth-order valence-electron chi connectivity index (χ4n) is 2.71. The van der Waals surface area contributed by atoms with Crippen LogP contribution in [0.4, 0.5) is 19.4 Å². The molecule has 168 valence electrons. The largest absolute Gasteiger partial charge is 0.444 e. The van der Waals surface area contributed by atoms with Crippen molar-refractivity contribution in [1.82, 2.24) is 9.97 Å². The molecule has 1 amide bonds. The number of carbonyl (C=O) groups is 1. The van der Waals surface area contributed by atoms with Gasteiger partial charge in [-0.25, -0.2) is 23.5 Å². The lowest BCUT2D eigenvalue weighted by molar-refractivity contribution is 0.0635. The molecule has 0 fully saturated rings. The van der Waals surface area contributed by atoms with Crippen molar-refractivity contribution in [3.8, 4) is 0 Å². The lowest BCUT2D eigenvalue weighted by atomic mass is 10.0. The zero-order valence-corrected chi connectivity index (χ0v) is 19.7. The van der Waals surface area contributed by atoms with Crippen molar-refractivity contribution in [2.45, 2.75) is 36.5 Å². The molecule has 32 heavy (non-hydrogen) atoms. The summed E-state index contributed by atoms with van der Waals surface area (Å²) < 4.78 is 34.0. The SMILES string of the molecule is CC(C)(C)OC(=O)Nc1cc(C(Sc2ccc(Cl)nc2)c2cc(F)ccc2F)c(Cl)cn1. The predicted octanol–water partition coefficient (Wildman–Crippen LogP) is 7.29. The Bertz CT molecular complexity index is 1130. The summed E-state index contributed by atoms with van der Waals surface area (Å²) in [7, 11) is 0. The van der Waals surface area contributed by atoms with Crippen molar-refractivity contribution in [3.05, 3.63) is 81.7 Å². The third-order valence-corrected chi connectivity index (χ3v) is 5.79. The van der Waals surface area contributed by atoms with Gasteiger partial charge in [0.25, 0.3) is 0 Å². The Labute approximate surface area is 198 Å². The lowest BCUT2D eigenvalue weighted by Crippen LogP contribution is -2.27. The first kappa shape index (κ1) is 24.2. The van der Waals surface area contributed by atoms with Crippen LogP contribution in [0.2, 0.25) is 10.2 Å². The van der Waals surface area contributed by atoms with Crippen LogP contribution in [-0.4, -0.2) is 21.7 Å². The zero-order chi connectivity index (χ0) is 23.5. The van der Waals surface area contributed by atoms with Crippen molar-refractivity contribution in [1.29, 1.82) is 0 Å². The van der Waals surface area contributed by atoms with Crippen LogP contribution in [0.5, 0.6) is 0 Å². The Kier molecular flexibility index (Phi) is 7.59. The number of amides is 1. The second-order valence-electron chi connectivity index (χ2n) is 7.70. The van der Waals surface area contributed by atoms with Gasteiger partial charge in [0.1, 0.15) is 28.2 Å². The highest BCUT2D eigenvalue weighted by molar-refractivity contribution is 7.99. The standard InChI is InChI=1S/C22H19Cl2F2N3O2S/c1-22(2,3)31-21(30)29-19-9-14(16(23)11-28-19)20(15-8-12(25)4-6-17(15)26)32-13-5-7-18(24)27-10-13/h4-11,20H,1-3H3,(H,28,29,30). The molecule has 0 saturated carbocycles. The number of ether oxygens (including phenoxy) is 1. The summed E-state index contributed by atoms with van der Waals surface area (Å²) in [5.41, 5.74) is -0.220. The molecule has 0 radical (unpaired) electrons. The van der Waals surface area contributed by atoms with E-state index < -0.39 is 28.6 Å². The van der Waals surface area contributed by atoms with Crippen LogP contribution in [0.25, 0.3) is 0 Å². The molecule has 2 heterocycles. The maximum Gasteiger partial charge on any atom is 0.413 e. The first-order valence-electron chi connectivity index (χ1n) is 9.40. The lowest BCUT2D eigenvalue weighted by Gasteiger charge is -2.21. The molecule has 2 aromatic heterocycles. The van der Waals surface area contributed by atoms with Gasteiger partial charge in [-0.3, -0.25) is 5.32 Å². The minimum Gasteiger partial charge on any atom is -0.444 e. The maximum absolute atomic E-state index is 14.7. The van der Waals surface area contributed by atoms with Crippen LogP contribution in [0, 0.1) is 11.6 Å². The molecule has 0 spiro atoms. The summed E-state index contributed by atoms with van der Waals surface area (Å²) in [5.74, 6) is -1.06. The van der Waals surface area contributed by atoms with Crippen molar-refractivity contribution >= 4 is 46.9 Å². The van der Waals surface area contributed by atoms with E-state index in [2.05, 4.69) is 15.3 Å². The van der Waals surface area contributed by atoms with Crippen molar-refractivity contribution in [3.63, 3.8) is 0 Å². The van der Waals surface area contributed by atoms with Crippen LogP contribution >= 0.6 is 35.0 Å². The van der Waals surface area contributed by atoms with Crippen LogP contribution in [0.15, 0.2) is 53.7 Å². The molecule has 1 unspecified atom stereocenters. The highest BCUT2D eigenvalue weighted by Gasteiger charge is 2.24. The fraction of sp³-hybridized carbons (Fsp3) is 0.227. The van der Waals surface area contributed by atoms with Gasteiger partial charge in [-0.1, -0.05) is 23.2 Å². The maximum atomic E-state index is 14.7. The van der Waals surface area contributed by atoms with Gasteiger partial charge in [-0.2, -0.15) is 0 Å². The summed E-state index contributed by atoms with van der Waals surface area (Å²) in [6, 6.07) is 7.98. The molecular formula is C22H19Cl2F2N3O2S. The van der Waals surface area contributed by atoms with E-state index in [-0.39, 0.29) is 16.4 Å². The zero-order valence-electron chi connectivity index (χ0n) is 17.3. The molecule has 3 rings (SSSR count). The number of pyridine rings is 2. The van der Waals surface area contributed by atoms with Gasteiger partial charge >= 0.3 is 6.09 Å². The highest BCUT2D eigenvalue weighted by atomic mass is 35.5. The average molecular weight is 498 g/mol. The van der Waals surface area contributed by atoms with Crippen molar-refractivity contribution in [2.24, 2.45) is 0 Å². The molecule has 1 N–H and O–H groups in total. The van der Waals surface area contributed by atoms with Gasteiger partial charge in [0.05, 0.1) is 10.3 Å². The molecule has 0 aliphatic heterocycles. The average Bonchev–Trinajstić information content (AvgIpc) is 2.70. The summed E-state index contributed by atoms with van der Waals surface area (Å²) in [6.07, 6.45) is 2.14. The summed E-state index contributed by atoms with van der Waals surface area (Å²) in [5, 5.41) is 2.27. The molecule has 10 heteroatoms. The van der Waals surface area contributed by atoms with Crippen LogP contribution < -0.4 is 5.32 Å². The topological polar surface area (TPSA) is 64.1 Å². The molecule has 0 aliphatic carbocycles. The second-order valence-corrected chi connectivity index (χ2v) is 9.67. The van der Waals surface area contributed by atoms with Crippen molar-refractivity contribution < 1.29 is 18.3 Å². The number of thioether (sulfide) groups is 1. The van der Waals surface area contributed by atoms with E-state index in [1.54, 1.807) is 32.9 Å². The van der Waals surface area contributed by atoms with E-state index >= 15 is 0 Å². The number of nitrogens with one attached hydrogen (secondary N) is 1. The Hall–Kier alpha value is -2.42. The third kappa shape index (κ3) is 6.54. The molecule has 0 aliphatic rings. The number of carbonyl (C=O) groups excluding carboxylic acids is 1. The summed E-state index contributed by atoms with van der Waals surface area (Å²) in [6.45, 7) is 5.19. The van der Waals surface area contributed by atoms with Crippen LogP contribution in [0.1, 0.15) is 37.1 Å². The second kappa shape index (κ2) is 10.0. The number of hydrogen-bond acceptors (Lipinski definition) is 5. The van der Waals surface area contributed by atoms with E-state index in [0.29, 0.717) is 15.6 Å². The Morgan fingerprint density at radius 3 is 2.47 bits per heavy atom. The van der Waals surface area contributed by atoms with E-state index in [1.165, 1.54) is 30.2 Å². The van der Waals surface area contributed by atoms with E-state index in [0.717, 1.165) is 18.2 Å². The quantitative estimate of drug-likeness (QED) is 0.296. The summed E-state index contributed by atoms with van der Waals surface area (Å²) in [4.78, 5) is 20.9. The predicted molar refractivity (Wildman–Crippen MR) is 122 cm³/mol. The number of halogens is 4. The summed E-state index contributed by atoms with van der Waals surface area (Å²) >= 11 is 13.4. The number of rotatable bonds is 5. The number of anilines is 1. The Balaban J connectivity index is 2.02. The number of benzene rings is 1. The van der Waals surface area contributed by atoms with Crippen LogP contribution in [0.3, 0.4) is 0 Å². The normalized spacial score (nSPS) is 12.3. The minimum absolute atomic E-state index is 0.0706. The Morgan fingerprint density at radius 1 is 1.06 bits per heavy atom. The monoisotopic (exact) mass is 497 g/mol. The van der Waals surface area contributed by atoms with E-state index in [9.17, 15) is 13.6 Å². The molecule has 3 aromatic rings. The number of aromatic nitrogens is 2. The van der Waals surface area contributed by atoms with Crippen LogP contribution in [-0.2, 0) is 4.74 Å². The smallest absolute Gasteiger partial charge is 0.413 e. The van der Waals surface area contributed by atoms with E-state index in [1.807, 2.05) is 0 Å². The van der Waals surface area contributed by atoms with Gasteiger partial charge in [0.2, 0.25) is 0 Å². The van der Waals surface area contributed by atoms with Gasteiger partial charge in [-0.05, 0) is 62.7 Å². The first-order chi connectivity index (χ1) is 15.0. The van der Waals surface area contributed by atoms with Gasteiger partial charge in [-0.15, -0.1) is 11.8 Å². The molecule has 0 bridgehead atoms. The molecule has 1 atom stereocenters. The number of hydrogen-bond donors (Lipinski definition) is 1. The van der Waals surface area contributed by atoms with Crippen molar-refractivity contribution in [2.75, 3.05) is 5.32 Å². The van der Waals surface area contributed by atoms with Gasteiger partial charge < -0.3 is 4.74 Å². The fourth-order valence-corrected chi connectivity index (χ4v) is 4.26. The Morgan fingerprint density at radius 2 is 1.81 bits per heavy atom. The minimum atomic E-state index is -0.775. The van der Waals surface area contributed by atoms with E-state index in [4.69, 9.17) is 27.9 Å². The molecule has 5 nitrogen and oxygen atoms in total.